The monoisotopic (exact) mass is 228 g/mol. The Labute approximate surface area is 94.9 Å². The molecule has 3 rings (SSSR count). The zero-order chi connectivity index (χ0) is 12.0. The molecule has 0 atom stereocenters. The van der Waals surface area contributed by atoms with E-state index in [1.807, 2.05) is 0 Å². The van der Waals surface area contributed by atoms with Crippen LogP contribution in [0.4, 0.5) is 0 Å². The molecule has 0 aliphatic carbocycles. The number of aromatic nitrogens is 2. The lowest BCUT2D eigenvalue weighted by Gasteiger charge is -2.05. The number of fused-ring (bicyclic) bond motifs is 3. The number of carbonyl (C=O) groups is 1. The Kier molecular flexibility index (Phi) is 1.82. The molecule has 2 heterocycles. The number of benzene rings is 1. The van der Waals surface area contributed by atoms with Gasteiger partial charge in [-0.2, -0.15) is 0 Å². The van der Waals surface area contributed by atoms with Crippen molar-refractivity contribution >= 4 is 22.5 Å². The molecule has 0 amide bonds. The van der Waals surface area contributed by atoms with Crippen molar-refractivity contribution in [3.8, 4) is 0 Å². The predicted molar refractivity (Wildman–Crippen MR) is 62.5 cm³/mol. The second-order valence-electron chi connectivity index (χ2n) is 3.72. The van der Waals surface area contributed by atoms with Crippen molar-refractivity contribution in [2.24, 2.45) is 0 Å². The number of para-hydroxylation sites is 1. The molecule has 5 heteroatoms. The third-order valence-corrected chi connectivity index (χ3v) is 2.75. The van der Waals surface area contributed by atoms with Gasteiger partial charge in [0.05, 0.1) is 16.6 Å². The number of hydrogen-bond donors (Lipinski definition) is 2. The summed E-state index contributed by atoms with van der Waals surface area (Å²) in [5.74, 6) is -1.06. The first-order valence-corrected chi connectivity index (χ1v) is 5.04. The second-order valence-corrected chi connectivity index (χ2v) is 3.72. The van der Waals surface area contributed by atoms with E-state index in [4.69, 9.17) is 5.11 Å². The smallest absolute Gasteiger partial charge is 0.337 e. The van der Waals surface area contributed by atoms with Gasteiger partial charge in [0.2, 0.25) is 0 Å². The van der Waals surface area contributed by atoms with E-state index >= 15 is 0 Å². The first-order chi connectivity index (χ1) is 8.18. The van der Waals surface area contributed by atoms with Gasteiger partial charge < -0.3 is 14.5 Å². The lowest BCUT2D eigenvalue weighted by Crippen LogP contribution is -2.12. The van der Waals surface area contributed by atoms with Gasteiger partial charge in [-0.25, -0.2) is 4.79 Å². The van der Waals surface area contributed by atoms with E-state index < -0.39 is 5.97 Å². The molecule has 1 aromatic carbocycles. The van der Waals surface area contributed by atoms with Crippen molar-refractivity contribution in [2.75, 3.05) is 0 Å². The first-order valence-electron chi connectivity index (χ1n) is 5.04. The Morgan fingerprint density at radius 1 is 1.18 bits per heavy atom. The van der Waals surface area contributed by atoms with Gasteiger partial charge >= 0.3 is 5.97 Å². The summed E-state index contributed by atoms with van der Waals surface area (Å²) >= 11 is 0. The van der Waals surface area contributed by atoms with Crippen LogP contribution < -0.4 is 5.56 Å². The van der Waals surface area contributed by atoms with Gasteiger partial charge in [-0.3, -0.25) is 4.79 Å². The lowest BCUT2D eigenvalue weighted by molar-refractivity contribution is 0.0699. The Balaban J connectivity index is 2.62. The summed E-state index contributed by atoms with van der Waals surface area (Å²) in [6.07, 6.45) is 1.73. The normalized spacial score (nSPS) is 11.1. The fourth-order valence-electron chi connectivity index (χ4n) is 2.00. The highest BCUT2D eigenvalue weighted by molar-refractivity contribution is 6.01. The molecule has 3 aromatic rings. The Morgan fingerprint density at radius 2 is 1.94 bits per heavy atom. The lowest BCUT2D eigenvalue weighted by atomic mass is 10.2. The van der Waals surface area contributed by atoms with Crippen LogP contribution in [0.15, 0.2) is 41.3 Å². The molecule has 0 fully saturated rings. The summed E-state index contributed by atoms with van der Waals surface area (Å²) in [6.45, 7) is 0. The molecule has 0 aliphatic rings. The van der Waals surface area contributed by atoms with E-state index in [1.54, 1.807) is 34.9 Å². The summed E-state index contributed by atoms with van der Waals surface area (Å²) < 4.78 is 1.68. The largest absolute Gasteiger partial charge is 0.478 e. The molecular weight excluding hydrogens is 220 g/mol. The third kappa shape index (κ3) is 1.25. The Bertz CT molecular complexity index is 798. The van der Waals surface area contributed by atoms with E-state index in [0.29, 0.717) is 16.6 Å². The molecule has 0 aliphatic heterocycles. The molecule has 0 bridgehead atoms. The SMILES string of the molecule is O=C(O)c1cccc2c1[nH]c(=O)c1cccn12. The zero-order valence-corrected chi connectivity index (χ0v) is 8.68. The van der Waals surface area contributed by atoms with E-state index in [9.17, 15) is 9.59 Å². The maximum Gasteiger partial charge on any atom is 0.337 e. The summed E-state index contributed by atoms with van der Waals surface area (Å²) in [7, 11) is 0. The number of nitrogens with one attached hydrogen (secondary N) is 1. The van der Waals surface area contributed by atoms with E-state index in [2.05, 4.69) is 4.98 Å². The number of carboxylic acids is 1. The molecule has 17 heavy (non-hydrogen) atoms. The average molecular weight is 228 g/mol. The van der Waals surface area contributed by atoms with E-state index in [0.717, 1.165) is 0 Å². The molecule has 2 aromatic heterocycles. The molecule has 2 N–H and O–H groups in total. The van der Waals surface area contributed by atoms with Gasteiger partial charge in [-0.05, 0) is 24.3 Å². The number of nitrogens with zero attached hydrogens (tertiary/aromatic N) is 1. The minimum atomic E-state index is -1.06. The average Bonchev–Trinajstić information content (AvgIpc) is 2.78. The topological polar surface area (TPSA) is 74.6 Å². The quantitative estimate of drug-likeness (QED) is 0.662. The summed E-state index contributed by atoms with van der Waals surface area (Å²) in [4.78, 5) is 25.4. The van der Waals surface area contributed by atoms with Crippen LogP contribution in [0.1, 0.15) is 10.4 Å². The Hall–Kier alpha value is -2.56. The van der Waals surface area contributed by atoms with Crippen molar-refractivity contribution in [3.63, 3.8) is 0 Å². The molecule has 84 valence electrons. The standard InChI is InChI=1S/C12H8N2O3/c15-11-9-5-2-6-14(9)8-4-1-3-7(12(16)17)10(8)13-11/h1-6H,(H,13,15)(H,16,17). The van der Waals surface area contributed by atoms with Crippen LogP contribution in [0.2, 0.25) is 0 Å². The van der Waals surface area contributed by atoms with Crippen molar-refractivity contribution in [1.29, 1.82) is 0 Å². The molecule has 0 saturated heterocycles. The van der Waals surface area contributed by atoms with Crippen LogP contribution in [0.25, 0.3) is 16.6 Å². The predicted octanol–water partition coefficient (Wildman–Crippen LogP) is 1.48. The maximum atomic E-state index is 11.8. The highest BCUT2D eigenvalue weighted by atomic mass is 16.4. The van der Waals surface area contributed by atoms with Crippen LogP contribution in [-0.4, -0.2) is 20.5 Å². The van der Waals surface area contributed by atoms with Crippen molar-refractivity contribution < 1.29 is 9.90 Å². The third-order valence-electron chi connectivity index (χ3n) is 2.75. The fourth-order valence-corrected chi connectivity index (χ4v) is 2.00. The van der Waals surface area contributed by atoms with Gasteiger partial charge in [-0.15, -0.1) is 0 Å². The maximum absolute atomic E-state index is 11.8. The van der Waals surface area contributed by atoms with Gasteiger partial charge in [0, 0.05) is 6.20 Å². The summed E-state index contributed by atoms with van der Waals surface area (Å²) in [5, 5.41) is 9.07. The number of hydrogen-bond acceptors (Lipinski definition) is 2. The zero-order valence-electron chi connectivity index (χ0n) is 8.68. The molecule has 0 spiro atoms. The fraction of sp³-hybridized carbons (Fsp3) is 0. The number of H-pyrrole nitrogens is 1. The summed E-state index contributed by atoms with van der Waals surface area (Å²) in [5.41, 5.74) is 1.31. The highest BCUT2D eigenvalue weighted by Crippen LogP contribution is 2.16. The number of aromatic carboxylic acids is 1. The van der Waals surface area contributed by atoms with Gasteiger partial charge in [-0.1, -0.05) is 6.07 Å². The Morgan fingerprint density at radius 3 is 2.71 bits per heavy atom. The highest BCUT2D eigenvalue weighted by Gasteiger charge is 2.11. The number of aromatic amines is 1. The molecule has 0 radical (unpaired) electrons. The van der Waals surface area contributed by atoms with Crippen LogP contribution in [0.3, 0.4) is 0 Å². The van der Waals surface area contributed by atoms with Crippen molar-refractivity contribution in [1.82, 2.24) is 9.38 Å². The minimum absolute atomic E-state index is 0.0928. The van der Waals surface area contributed by atoms with Crippen molar-refractivity contribution in [2.45, 2.75) is 0 Å². The molecular formula is C12H8N2O3. The van der Waals surface area contributed by atoms with Crippen LogP contribution in [0, 0.1) is 0 Å². The van der Waals surface area contributed by atoms with Crippen LogP contribution in [0.5, 0.6) is 0 Å². The minimum Gasteiger partial charge on any atom is -0.478 e. The summed E-state index contributed by atoms with van der Waals surface area (Å²) in [6, 6.07) is 8.33. The van der Waals surface area contributed by atoms with Crippen LogP contribution >= 0.6 is 0 Å². The molecule has 0 saturated carbocycles. The van der Waals surface area contributed by atoms with Crippen LogP contribution in [-0.2, 0) is 0 Å². The van der Waals surface area contributed by atoms with Gasteiger partial charge in [0.25, 0.3) is 5.56 Å². The second kappa shape index (κ2) is 3.21. The number of rotatable bonds is 1. The first kappa shape index (κ1) is 9.65. The van der Waals surface area contributed by atoms with Gasteiger partial charge in [0.15, 0.2) is 0 Å². The van der Waals surface area contributed by atoms with Gasteiger partial charge in [0.1, 0.15) is 5.52 Å². The number of carboxylic acid groups (broad SMARTS) is 1. The van der Waals surface area contributed by atoms with E-state index in [1.165, 1.54) is 6.07 Å². The van der Waals surface area contributed by atoms with E-state index in [-0.39, 0.29) is 11.1 Å². The molecule has 0 unspecified atom stereocenters. The van der Waals surface area contributed by atoms with Crippen molar-refractivity contribution in [3.05, 3.63) is 52.4 Å². The molecule has 5 nitrogen and oxygen atoms in total.